The van der Waals surface area contributed by atoms with Gasteiger partial charge in [0.15, 0.2) is 0 Å². The highest BCUT2D eigenvalue weighted by molar-refractivity contribution is 7.11. The van der Waals surface area contributed by atoms with Crippen LogP contribution < -0.4 is 5.73 Å². The fraction of sp³-hybridized carbons (Fsp3) is 0.500. The Labute approximate surface area is 80.7 Å². The Bertz CT molecular complexity index is 298. The van der Waals surface area contributed by atoms with E-state index in [1.165, 1.54) is 7.11 Å². The minimum atomic E-state index is -0.601. The summed E-state index contributed by atoms with van der Waals surface area (Å²) in [6, 6.07) is -0.601. The third-order valence-corrected chi connectivity index (χ3v) is 2.50. The van der Waals surface area contributed by atoms with Crippen LogP contribution in [0.15, 0.2) is 6.20 Å². The van der Waals surface area contributed by atoms with E-state index in [2.05, 4.69) is 9.72 Å². The first-order chi connectivity index (χ1) is 6.13. The Morgan fingerprint density at radius 1 is 1.85 bits per heavy atom. The number of carbonyl (C=O) groups is 1. The minimum Gasteiger partial charge on any atom is -0.468 e. The number of ether oxygens (including phenoxy) is 1. The molecule has 0 spiro atoms. The van der Waals surface area contributed by atoms with E-state index in [1.807, 2.05) is 6.92 Å². The maximum Gasteiger partial charge on any atom is 0.323 e. The topological polar surface area (TPSA) is 65.2 Å². The fourth-order valence-electron chi connectivity index (χ4n) is 0.919. The molecule has 0 fully saturated rings. The second-order valence-electron chi connectivity index (χ2n) is 2.70. The average molecular weight is 200 g/mol. The maximum atomic E-state index is 11.0. The number of hydrogen-bond acceptors (Lipinski definition) is 5. The second kappa shape index (κ2) is 4.34. The first-order valence-electron chi connectivity index (χ1n) is 3.88. The van der Waals surface area contributed by atoms with Crippen molar-refractivity contribution < 1.29 is 9.53 Å². The molecule has 1 heterocycles. The zero-order valence-electron chi connectivity index (χ0n) is 7.61. The van der Waals surface area contributed by atoms with Crippen molar-refractivity contribution in [2.75, 3.05) is 7.11 Å². The lowest BCUT2D eigenvalue weighted by Gasteiger charge is -2.05. The summed E-state index contributed by atoms with van der Waals surface area (Å²) in [6.07, 6.45) is 2.22. The summed E-state index contributed by atoms with van der Waals surface area (Å²) >= 11 is 1.55. The van der Waals surface area contributed by atoms with Crippen LogP contribution in [0.2, 0.25) is 0 Å². The molecular formula is C8H12N2O2S. The largest absolute Gasteiger partial charge is 0.468 e. The molecule has 4 nitrogen and oxygen atoms in total. The molecule has 0 amide bonds. The summed E-state index contributed by atoms with van der Waals surface area (Å²) in [5.74, 6) is -0.396. The molecule has 0 aliphatic heterocycles. The van der Waals surface area contributed by atoms with Crippen molar-refractivity contribution in [3.05, 3.63) is 16.1 Å². The molecule has 0 saturated heterocycles. The van der Waals surface area contributed by atoms with Crippen LogP contribution in [0.1, 0.15) is 9.88 Å². The quantitative estimate of drug-likeness (QED) is 0.721. The predicted octanol–water partition coefficient (Wildman–Crippen LogP) is 0.494. The van der Waals surface area contributed by atoms with Crippen LogP contribution in [-0.2, 0) is 16.0 Å². The van der Waals surface area contributed by atoms with E-state index in [4.69, 9.17) is 5.73 Å². The van der Waals surface area contributed by atoms with Crippen LogP contribution >= 0.6 is 11.3 Å². The van der Waals surface area contributed by atoms with E-state index in [0.717, 1.165) is 9.88 Å². The Morgan fingerprint density at radius 3 is 3.00 bits per heavy atom. The highest BCUT2D eigenvalue weighted by atomic mass is 32.1. The van der Waals surface area contributed by atoms with Crippen molar-refractivity contribution in [2.24, 2.45) is 5.73 Å². The number of thiazole rings is 1. The van der Waals surface area contributed by atoms with E-state index in [0.29, 0.717) is 6.42 Å². The smallest absolute Gasteiger partial charge is 0.323 e. The van der Waals surface area contributed by atoms with E-state index >= 15 is 0 Å². The van der Waals surface area contributed by atoms with E-state index < -0.39 is 12.0 Å². The molecule has 1 unspecified atom stereocenters. The lowest BCUT2D eigenvalue weighted by atomic mass is 10.2. The van der Waals surface area contributed by atoms with Gasteiger partial charge < -0.3 is 10.5 Å². The lowest BCUT2D eigenvalue weighted by Crippen LogP contribution is -2.33. The molecule has 0 aliphatic rings. The van der Waals surface area contributed by atoms with Gasteiger partial charge in [0.25, 0.3) is 0 Å². The SMILES string of the molecule is COC(=O)C(N)Cc1ncc(C)s1. The second-order valence-corrected chi connectivity index (χ2v) is 4.02. The van der Waals surface area contributed by atoms with E-state index in [-0.39, 0.29) is 0 Å². The van der Waals surface area contributed by atoms with Gasteiger partial charge in [0.1, 0.15) is 6.04 Å². The van der Waals surface area contributed by atoms with E-state index in [9.17, 15) is 4.79 Å². The number of nitrogens with zero attached hydrogens (tertiary/aromatic N) is 1. The molecule has 1 rings (SSSR count). The normalized spacial score (nSPS) is 12.5. The Kier molecular flexibility index (Phi) is 3.39. The summed E-state index contributed by atoms with van der Waals surface area (Å²) in [7, 11) is 1.33. The van der Waals surface area contributed by atoms with Crippen molar-refractivity contribution in [1.82, 2.24) is 4.98 Å². The van der Waals surface area contributed by atoms with Crippen molar-refractivity contribution in [3.8, 4) is 0 Å². The monoisotopic (exact) mass is 200 g/mol. The molecule has 1 aromatic heterocycles. The van der Waals surface area contributed by atoms with Crippen LogP contribution in [0.4, 0.5) is 0 Å². The van der Waals surface area contributed by atoms with Crippen molar-refractivity contribution in [3.63, 3.8) is 0 Å². The highest BCUT2D eigenvalue weighted by Gasteiger charge is 2.15. The number of nitrogens with two attached hydrogens (primary N) is 1. The number of aryl methyl sites for hydroxylation is 1. The van der Waals surface area contributed by atoms with Gasteiger partial charge >= 0.3 is 5.97 Å². The molecule has 2 N–H and O–H groups in total. The Balaban J connectivity index is 2.54. The molecule has 5 heteroatoms. The summed E-state index contributed by atoms with van der Waals surface area (Å²) in [4.78, 5) is 16.2. The third-order valence-electron chi connectivity index (χ3n) is 1.57. The predicted molar refractivity (Wildman–Crippen MR) is 50.5 cm³/mol. The average Bonchev–Trinajstić information content (AvgIpc) is 2.49. The lowest BCUT2D eigenvalue weighted by molar-refractivity contribution is -0.142. The zero-order valence-corrected chi connectivity index (χ0v) is 8.43. The summed E-state index contributed by atoms with van der Waals surface area (Å²) in [5.41, 5.74) is 5.56. The first kappa shape index (κ1) is 10.1. The fourth-order valence-corrected chi connectivity index (χ4v) is 1.76. The van der Waals surface area contributed by atoms with Gasteiger partial charge in [0, 0.05) is 17.5 Å². The van der Waals surface area contributed by atoms with Gasteiger partial charge in [-0.1, -0.05) is 0 Å². The number of rotatable bonds is 3. The number of aromatic nitrogens is 1. The molecule has 72 valence electrons. The van der Waals surface area contributed by atoms with Crippen LogP contribution in [0.5, 0.6) is 0 Å². The molecule has 0 radical (unpaired) electrons. The van der Waals surface area contributed by atoms with E-state index in [1.54, 1.807) is 17.5 Å². The van der Waals surface area contributed by atoms with Gasteiger partial charge in [-0.2, -0.15) is 0 Å². The standard InChI is InChI=1S/C8H12N2O2S/c1-5-4-10-7(13-5)3-6(9)8(11)12-2/h4,6H,3,9H2,1-2H3. The molecule has 1 atom stereocenters. The summed E-state index contributed by atoms with van der Waals surface area (Å²) in [6.45, 7) is 1.96. The summed E-state index contributed by atoms with van der Waals surface area (Å²) in [5, 5.41) is 0.871. The van der Waals surface area contributed by atoms with Crippen LogP contribution in [-0.4, -0.2) is 24.1 Å². The minimum absolute atomic E-state index is 0.396. The van der Waals surface area contributed by atoms with Gasteiger partial charge in [-0.05, 0) is 6.92 Å². The molecule has 0 bridgehead atoms. The van der Waals surface area contributed by atoms with Crippen molar-refractivity contribution in [2.45, 2.75) is 19.4 Å². The Morgan fingerprint density at radius 2 is 2.54 bits per heavy atom. The number of carbonyl (C=O) groups excluding carboxylic acids is 1. The van der Waals surface area contributed by atoms with Gasteiger partial charge in [0.05, 0.1) is 12.1 Å². The van der Waals surface area contributed by atoms with Gasteiger partial charge in [-0.15, -0.1) is 11.3 Å². The number of esters is 1. The van der Waals surface area contributed by atoms with Crippen LogP contribution in [0.25, 0.3) is 0 Å². The molecule has 0 saturated carbocycles. The third kappa shape index (κ3) is 2.78. The number of methoxy groups -OCH3 is 1. The highest BCUT2D eigenvalue weighted by Crippen LogP contribution is 2.12. The van der Waals surface area contributed by atoms with Gasteiger partial charge in [-0.3, -0.25) is 4.79 Å². The number of hydrogen-bond donors (Lipinski definition) is 1. The Hall–Kier alpha value is -0.940. The van der Waals surface area contributed by atoms with Gasteiger partial charge in [0.2, 0.25) is 0 Å². The first-order valence-corrected chi connectivity index (χ1v) is 4.70. The molecule has 13 heavy (non-hydrogen) atoms. The maximum absolute atomic E-state index is 11.0. The molecule has 1 aromatic rings. The zero-order chi connectivity index (χ0) is 9.84. The molecule has 0 aromatic carbocycles. The van der Waals surface area contributed by atoms with Crippen LogP contribution in [0, 0.1) is 6.92 Å². The van der Waals surface area contributed by atoms with Crippen molar-refractivity contribution >= 4 is 17.3 Å². The van der Waals surface area contributed by atoms with Crippen LogP contribution in [0.3, 0.4) is 0 Å². The molecule has 0 aliphatic carbocycles. The summed E-state index contributed by atoms with van der Waals surface area (Å²) < 4.78 is 4.50. The molecular weight excluding hydrogens is 188 g/mol. The van der Waals surface area contributed by atoms with Gasteiger partial charge in [-0.25, -0.2) is 4.98 Å². The van der Waals surface area contributed by atoms with Crippen molar-refractivity contribution in [1.29, 1.82) is 0 Å².